The third-order valence-corrected chi connectivity index (χ3v) is 7.88. The summed E-state index contributed by atoms with van der Waals surface area (Å²) in [6.07, 6.45) is 0. The van der Waals surface area contributed by atoms with E-state index in [2.05, 4.69) is 121 Å². The third-order valence-electron chi connectivity index (χ3n) is 7.88. The third kappa shape index (κ3) is 5.72. The maximum atomic E-state index is 6.11. The quantitative estimate of drug-likeness (QED) is 0.197. The first-order chi connectivity index (χ1) is 21.6. The second-order valence-electron chi connectivity index (χ2n) is 11.0. The largest absolute Gasteiger partial charge is 0.399 e. The molecule has 4 N–H and O–H groups in total. The second kappa shape index (κ2) is 11.7. The van der Waals surface area contributed by atoms with Gasteiger partial charge in [-0.2, -0.15) is 0 Å². The lowest BCUT2D eigenvalue weighted by atomic mass is 9.95. The van der Waals surface area contributed by atoms with E-state index in [1.807, 2.05) is 42.5 Å². The highest BCUT2D eigenvalue weighted by molar-refractivity contribution is 5.82. The van der Waals surface area contributed by atoms with Crippen molar-refractivity contribution in [1.82, 2.24) is 4.98 Å². The number of pyridine rings is 1. The molecule has 7 rings (SSSR count). The van der Waals surface area contributed by atoms with Gasteiger partial charge in [0.05, 0.1) is 11.4 Å². The van der Waals surface area contributed by atoms with Crippen molar-refractivity contribution in [2.24, 2.45) is 0 Å². The van der Waals surface area contributed by atoms with Crippen LogP contribution in [0.3, 0.4) is 0 Å². The van der Waals surface area contributed by atoms with Gasteiger partial charge in [0.15, 0.2) is 0 Å². The highest BCUT2D eigenvalue weighted by atomic mass is 14.7. The molecule has 0 radical (unpaired) electrons. The number of benzene rings is 6. The van der Waals surface area contributed by atoms with E-state index in [-0.39, 0.29) is 0 Å². The van der Waals surface area contributed by atoms with Gasteiger partial charge in [0, 0.05) is 22.5 Å². The molecule has 0 saturated carbocycles. The molecule has 6 aromatic carbocycles. The maximum Gasteiger partial charge on any atom is 0.0715 e. The summed E-state index contributed by atoms with van der Waals surface area (Å²) in [5.74, 6) is 0. The summed E-state index contributed by atoms with van der Waals surface area (Å²) in [6, 6.07) is 56.5. The van der Waals surface area contributed by atoms with Gasteiger partial charge in [-0.15, -0.1) is 0 Å². The van der Waals surface area contributed by atoms with Crippen molar-refractivity contribution in [2.45, 2.75) is 0 Å². The molecule has 0 bridgehead atoms. The summed E-state index contributed by atoms with van der Waals surface area (Å²) in [5.41, 5.74) is 26.6. The summed E-state index contributed by atoms with van der Waals surface area (Å²) in [6.45, 7) is 0. The number of hydrogen-bond acceptors (Lipinski definition) is 3. The van der Waals surface area contributed by atoms with Crippen molar-refractivity contribution in [2.75, 3.05) is 11.5 Å². The molecule has 0 saturated heterocycles. The monoisotopic (exact) mass is 565 g/mol. The van der Waals surface area contributed by atoms with Crippen LogP contribution in [0.15, 0.2) is 164 Å². The zero-order valence-corrected chi connectivity index (χ0v) is 24.2. The Balaban J connectivity index is 1.38. The molecular formula is C41H31N3. The van der Waals surface area contributed by atoms with Crippen LogP contribution in [0.25, 0.3) is 67.0 Å². The van der Waals surface area contributed by atoms with Gasteiger partial charge in [-0.25, -0.2) is 4.98 Å². The van der Waals surface area contributed by atoms with E-state index < -0.39 is 0 Å². The van der Waals surface area contributed by atoms with Gasteiger partial charge in [-0.1, -0.05) is 109 Å². The fourth-order valence-corrected chi connectivity index (χ4v) is 5.65. The van der Waals surface area contributed by atoms with Gasteiger partial charge in [-0.3, -0.25) is 0 Å². The van der Waals surface area contributed by atoms with E-state index in [9.17, 15) is 0 Å². The highest BCUT2D eigenvalue weighted by Crippen LogP contribution is 2.35. The molecule has 0 spiro atoms. The van der Waals surface area contributed by atoms with Crippen LogP contribution in [0.1, 0.15) is 0 Å². The first-order valence-corrected chi connectivity index (χ1v) is 14.7. The molecule has 3 nitrogen and oxygen atoms in total. The predicted octanol–water partition coefficient (Wildman–Crippen LogP) is 10.2. The Morgan fingerprint density at radius 2 is 0.614 bits per heavy atom. The number of nitrogens with zero attached hydrogens (tertiary/aromatic N) is 1. The fourth-order valence-electron chi connectivity index (χ4n) is 5.65. The maximum absolute atomic E-state index is 6.11. The Kier molecular flexibility index (Phi) is 7.19. The van der Waals surface area contributed by atoms with Crippen molar-refractivity contribution in [3.05, 3.63) is 164 Å². The van der Waals surface area contributed by atoms with Crippen molar-refractivity contribution < 1.29 is 0 Å². The van der Waals surface area contributed by atoms with Crippen molar-refractivity contribution in [3.63, 3.8) is 0 Å². The zero-order chi connectivity index (χ0) is 29.9. The van der Waals surface area contributed by atoms with Crippen molar-refractivity contribution >= 4 is 11.4 Å². The van der Waals surface area contributed by atoms with E-state index in [0.29, 0.717) is 0 Å². The summed E-state index contributed by atoms with van der Waals surface area (Å²) < 4.78 is 0. The molecule has 0 aliphatic rings. The van der Waals surface area contributed by atoms with Crippen molar-refractivity contribution in [3.8, 4) is 67.0 Å². The predicted molar refractivity (Wildman–Crippen MR) is 186 cm³/mol. The van der Waals surface area contributed by atoms with Crippen LogP contribution in [0.4, 0.5) is 11.4 Å². The minimum absolute atomic E-state index is 0.744. The first kappa shape index (κ1) is 26.9. The Morgan fingerprint density at radius 3 is 1.09 bits per heavy atom. The molecule has 0 aliphatic heterocycles. The van der Waals surface area contributed by atoms with Crippen LogP contribution in [0.2, 0.25) is 0 Å². The molecule has 0 unspecified atom stereocenters. The smallest absolute Gasteiger partial charge is 0.0715 e. The molecule has 210 valence electrons. The van der Waals surface area contributed by atoms with E-state index in [4.69, 9.17) is 16.5 Å². The summed E-state index contributed by atoms with van der Waals surface area (Å²) in [5, 5.41) is 0. The SMILES string of the molecule is Nc1cccc(-c2cccc(-c3cc(-c4cccc(-c5ccccc5)c4)cc(-c4cccc(-c5cccc(N)c5)c4)n3)c2)c1. The van der Waals surface area contributed by atoms with Gasteiger partial charge in [-0.05, 0) is 99.1 Å². The van der Waals surface area contributed by atoms with Gasteiger partial charge >= 0.3 is 0 Å². The van der Waals surface area contributed by atoms with Gasteiger partial charge in [0.2, 0.25) is 0 Å². The van der Waals surface area contributed by atoms with E-state index in [0.717, 1.165) is 67.3 Å². The molecule has 7 aromatic rings. The highest BCUT2D eigenvalue weighted by Gasteiger charge is 2.12. The average molecular weight is 566 g/mol. The fraction of sp³-hybridized carbons (Fsp3) is 0. The summed E-state index contributed by atoms with van der Waals surface area (Å²) in [4.78, 5) is 5.24. The van der Waals surface area contributed by atoms with Gasteiger partial charge in [0.1, 0.15) is 0 Å². The number of aromatic nitrogens is 1. The molecule has 44 heavy (non-hydrogen) atoms. The molecule has 0 fully saturated rings. The summed E-state index contributed by atoms with van der Waals surface area (Å²) >= 11 is 0. The van der Waals surface area contributed by atoms with Crippen molar-refractivity contribution in [1.29, 1.82) is 0 Å². The van der Waals surface area contributed by atoms with Crippen LogP contribution in [-0.4, -0.2) is 4.98 Å². The standard InChI is InChI=1S/C41H31N3/c42-38-19-7-15-33(24-38)30-12-5-17-35(22-30)40-26-37(32-14-4-11-29(21-32)28-9-2-1-3-10-28)27-41(44-40)36-18-6-13-31(23-36)34-16-8-20-39(43)25-34/h1-27H,42-43H2. The average Bonchev–Trinajstić information content (AvgIpc) is 3.09. The first-order valence-electron chi connectivity index (χ1n) is 14.7. The van der Waals surface area contributed by atoms with Crippen LogP contribution in [0, 0.1) is 0 Å². The second-order valence-corrected chi connectivity index (χ2v) is 11.0. The van der Waals surface area contributed by atoms with Gasteiger partial charge < -0.3 is 11.5 Å². The normalized spacial score (nSPS) is 10.9. The number of nitrogens with two attached hydrogens (primary N) is 2. The Bertz CT molecular complexity index is 1990. The van der Waals surface area contributed by atoms with E-state index >= 15 is 0 Å². The zero-order valence-electron chi connectivity index (χ0n) is 24.2. The number of rotatable bonds is 6. The summed E-state index contributed by atoms with van der Waals surface area (Å²) in [7, 11) is 0. The lowest BCUT2D eigenvalue weighted by molar-refractivity contribution is 1.32. The molecule has 1 heterocycles. The lowest BCUT2D eigenvalue weighted by Gasteiger charge is -2.13. The van der Waals surface area contributed by atoms with Crippen LogP contribution < -0.4 is 11.5 Å². The number of hydrogen-bond donors (Lipinski definition) is 2. The molecular weight excluding hydrogens is 534 g/mol. The van der Waals surface area contributed by atoms with Crippen LogP contribution >= 0.6 is 0 Å². The molecule has 0 atom stereocenters. The number of nitrogen functional groups attached to an aromatic ring is 2. The molecule has 0 aliphatic carbocycles. The van der Waals surface area contributed by atoms with Gasteiger partial charge in [0.25, 0.3) is 0 Å². The topological polar surface area (TPSA) is 64.9 Å². The molecule has 3 heteroatoms. The lowest BCUT2D eigenvalue weighted by Crippen LogP contribution is -1.93. The van der Waals surface area contributed by atoms with Crippen LogP contribution in [-0.2, 0) is 0 Å². The van der Waals surface area contributed by atoms with E-state index in [1.54, 1.807) is 0 Å². The minimum Gasteiger partial charge on any atom is -0.399 e. The Labute approximate surface area is 258 Å². The van der Waals surface area contributed by atoms with E-state index in [1.165, 1.54) is 11.1 Å². The number of anilines is 2. The van der Waals surface area contributed by atoms with Crippen LogP contribution in [0.5, 0.6) is 0 Å². The Morgan fingerprint density at radius 1 is 0.273 bits per heavy atom. The molecule has 0 amide bonds. The minimum atomic E-state index is 0.744. The Hall–Kier alpha value is -5.93. The molecule has 1 aromatic heterocycles.